The summed E-state index contributed by atoms with van der Waals surface area (Å²) in [7, 11) is 0. The van der Waals surface area contributed by atoms with Crippen LogP contribution in [0.2, 0.25) is 5.02 Å². The normalized spacial score (nSPS) is 11.1. The van der Waals surface area contributed by atoms with Crippen LogP contribution in [-0.2, 0) is 6.54 Å². The average molecular weight is 381 g/mol. The molecule has 1 aromatic carbocycles. The van der Waals surface area contributed by atoms with E-state index >= 15 is 0 Å². The maximum absolute atomic E-state index is 12.7. The van der Waals surface area contributed by atoms with Crippen LogP contribution in [0.25, 0.3) is 5.65 Å². The molecule has 0 atom stereocenters. The molecule has 136 valence electrons. The predicted octanol–water partition coefficient (Wildman–Crippen LogP) is 3.50. The van der Waals surface area contributed by atoms with Gasteiger partial charge in [-0.1, -0.05) is 23.7 Å². The Morgan fingerprint density at radius 3 is 2.93 bits per heavy atom. The Bertz CT molecular complexity index is 1150. The van der Waals surface area contributed by atoms with Gasteiger partial charge in [-0.2, -0.15) is 10.2 Å². The monoisotopic (exact) mass is 380 g/mol. The van der Waals surface area contributed by atoms with Gasteiger partial charge in [0.25, 0.3) is 5.91 Å². The summed E-state index contributed by atoms with van der Waals surface area (Å²) >= 11 is 6.06. The van der Waals surface area contributed by atoms with E-state index in [-0.39, 0.29) is 5.91 Å². The molecule has 27 heavy (non-hydrogen) atoms. The summed E-state index contributed by atoms with van der Waals surface area (Å²) in [6, 6.07) is 9.40. The number of benzene rings is 1. The Balaban J connectivity index is 1.61. The van der Waals surface area contributed by atoms with E-state index in [2.05, 4.69) is 20.5 Å². The highest BCUT2D eigenvalue weighted by Crippen LogP contribution is 2.22. The van der Waals surface area contributed by atoms with Gasteiger partial charge in [-0.05, 0) is 37.6 Å². The quantitative estimate of drug-likeness (QED) is 0.587. The summed E-state index contributed by atoms with van der Waals surface area (Å²) in [5.41, 5.74) is 4.27. The molecule has 4 rings (SSSR count). The van der Waals surface area contributed by atoms with Crippen molar-refractivity contribution < 1.29 is 4.79 Å². The van der Waals surface area contributed by atoms with Crippen LogP contribution in [0.15, 0.2) is 48.9 Å². The van der Waals surface area contributed by atoms with Crippen molar-refractivity contribution in [3.05, 3.63) is 76.5 Å². The number of aromatic nitrogens is 5. The minimum absolute atomic E-state index is 0.266. The molecule has 0 aliphatic carbocycles. The zero-order chi connectivity index (χ0) is 19.0. The number of fused-ring (bicyclic) bond motifs is 1. The third kappa shape index (κ3) is 3.29. The fourth-order valence-electron chi connectivity index (χ4n) is 3.01. The second-order valence-electron chi connectivity index (χ2n) is 6.23. The standard InChI is InChI=1S/C19H17ClN6O/c1-12-17(13(2)26(24-12)11-14-5-3-6-15(20)9-14)23-19(27)16-10-22-25-8-4-7-21-18(16)25/h3-10H,11H2,1-2H3,(H,23,27). The van der Waals surface area contributed by atoms with E-state index in [4.69, 9.17) is 11.6 Å². The van der Waals surface area contributed by atoms with E-state index in [1.54, 1.807) is 23.0 Å². The molecule has 4 aromatic rings. The van der Waals surface area contributed by atoms with E-state index in [9.17, 15) is 4.79 Å². The summed E-state index contributed by atoms with van der Waals surface area (Å²) in [4.78, 5) is 17.0. The van der Waals surface area contributed by atoms with Crippen LogP contribution in [0, 0.1) is 13.8 Å². The van der Waals surface area contributed by atoms with Crippen LogP contribution in [0.4, 0.5) is 5.69 Å². The van der Waals surface area contributed by atoms with Crippen LogP contribution in [-0.4, -0.2) is 30.3 Å². The molecular formula is C19H17ClN6O. The lowest BCUT2D eigenvalue weighted by Crippen LogP contribution is -2.13. The van der Waals surface area contributed by atoms with Crippen LogP contribution >= 0.6 is 11.6 Å². The summed E-state index contributed by atoms with van der Waals surface area (Å²) in [6.45, 7) is 4.36. The van der Waals surface area contributed by atoms with Crippen molar-refractivity contribution in [3.8, 4) is 0 Å². The maximum Gasteiger partial charge on any atom is 0.261 e. The van der Waals surface area contributed by atoms with E-state index in [1.807, 2.05) is 42.8 Å². The largest absolute Gasteiger partial charge is 0.319 e. The number of nitrogens with zero attached hydrogens (tertiary/aromatic N) is 5. The number of carbonyl (C=O) groups is 1. The number of hydrogen-bond donors (Lipinski definition) is 1. The van der Waals surface area contributed by atoms with Crippen molar-refractivity contribution in [1.29, 1.82) is 0 Å². The fraction of sp³-hybridized carbons (Fsp3) is 0.158. The molecule has 0 unspecified atom stereocenters. The summed E-state index contributed by atoms with van der Waals surface area (Å²) in [6.07, 6.45) is 4.89. The third-order valence-electron chi connectivity index (χ3n) is 4.37. The Kier molecular flexibility index (Phi) is 4.37. The minimum atomic E-state index is -0.266. The van der Waals surface area contributed by atoms with Crippen molar-refractivity contribution >= 4 is 28.8 Å². The van der Waals surface area contributed by atoms with Crippen molar-refractivity contribution in [1.82, 2.24) is 24.4 Å². The molecule has 0 saturated heterocycles. The molecule has 1 amide bonds. The molecule has 0 fully saturated rings. The first-order valence-corrected chi connectivity index (χ1v) is 8.79. The molecule has 0 saturated carbocycles. The van der Waals surface area contributed by atoms with Crippen molar-refractivity contribution in [3.63, 3.8) is 0 Å². The fourth-order valence-corrected chi connectivity index (χ4v) is 3.22. The second-order valence-corrected chi connectivity index (χ2v) is 6.67. The van der Waals surface area contributed by atoms with Gasteiger partial charge in [-0.3, -0.25) is 9.48 Å². The van der Waals surface area contributed by atoms with Gasteiger partial charge in [-0.15, -0.1) is 0 Å². The topological polar surface area (TPSA) is 77.1 Å². The van der Waals surface area contributed by atoms with Crippen molar-refractivity contribution in [2.24, 2.45) is 0 Å². The Morgan fingerprint density at radius 1 is 1.26 bits per heavy atom. The van der Waals surface area contributed by atoms with Crippen LogP contribution in [0.1, 0.15) is 27.3 Å². The van der Waals surface area contributed by atoms with Crippen molar-refractivity contribution in [2.45, 2.75) is 20.4 Å². The van der Waals surface area contributed by atoms with Gasteiger partial charge in [0.15, 0.2) is 5.65 Å². The number of amides is 1. The van der Waals surface area contributed by atoms with Crippen molar-refractivity contribution in [2.75, 3.05) is 5.32 Å². The van der Waals surface area contributed by atoms with Gasteiger partial charge < -0.3 is 5.32 Å². The summed E-state index contributed by atoms with van der Waals surface area (Å²) in [5.74, 6) is -0.266. The molecular weight excluding hydrogens is 364 g/mol. The molecule has 0 aliphatic rings. The van der Waals surface area contributed by atoms with Gasteiger partial charge in [-0.25, -0.2) is 9.50 Å². The first-order valence-electron chi connectivity index (χ1n) is 8.41. The van der Waals surface area contributed by atoms with Gasteiger partial charge in [0.2, 0.25) is 0 Å². The van der Waals surface area contributed by atoms with Crippen LogP contribution in [0.5, 0.6) is 0 Å². The Morgan fingerprint density at radius 2 is 2.11 bits per heavy atom. The zero-order valence-corrected chi connectivity index (χ0v) is 15.6. The number of carbonyl (C=O) groups excluding carboxylic acids is 1. The summed E-state index contributed by atoms with van der Waals surface area (Å²) < 4.78 is 3.42. The number of nitrogens with one attached hydrogen (secondary N) is 1. The smallest absolute Gasteiger partial charge is 0.261 e. The lowest BCUT2D eigenvalue weighted by atomic mass is 10.2. The second kappa shape index (κ2) is 6.85. The van der Waals surface area contributed by atoms with Gasteiger partial charge in [0.1, 0.15) is 5.56 Å². The van der Waals surface area contributed by atoms with Crippen LogP contribution in [0.3, 0.4) is 0 Å². The predicted molar refractivity (Wildman–Crippen MR) is 103 cm³/mol. The van der Waals surface area contributed by atoms with E-state index < -0.39 is 0 Å². The molecule has 8 heteroatoms. The Labute approximate surface area is 160 Å². The number of halogens is 1. The highest BCUT2D eigenvalue weighted by molar-refractivity contribution is 6.30. The number of aryl methyl sites for hydroxylation is 1. The molecule has 0 aliphatic heterocycles. The summed E-state index contributed by atoms with van der Waals surface area (Å²) in [5, 5.41) is 12.3. The van der Waals surface area contributed by atoms with E-state index in [1.165, 1.54) is 6.20 Å². The first kappa shape index (κ1) is 17.2. The first-order chi connectivity index (χ1) is 13.0. The molecule has 0 spiro atoms. The molecule has 0 radical (unpaired) electrons. The third-order valence-corrected chi connectivity index (χ3v) is 4.60. The van der Waals surface area contributed by atoms with E-state index in [0.29, 0.717) is 28.5 Å². The zero-order valence-electron chi connectivity index (χ0n) is 14.8. The lowest BCUT2D eigenvalue weighted by Gasteiger charge is -2.07. The number of hydrogen-bond acceptors (Lipinski definition) is 4. The Hall–Kier alpha value is -3.19. The van der Waals surface area contributed by atoms with Crippen LogP contribution < -0.4 is 5.32 Å². The highest BCUT2D eigenvalue weighted by Gasteiger charge is 2.18. The number of anilines is 1. The number of rotatable bonds is 4. The molecule has 7 nitrogen and oxygen atoms in total. The molecule has 3 aromatic heterocycles. The van der Waals surface area contributed by atoms with Gasteiger partial charge in [0.05, 0.1) is 29.8 Å². The van der Waals surface area contributed by atoms with Gasteiger partial charge >= 0.3 is 0 Å². The molecule has 1 N–H and O–H groups in total. The van der Waals surface area contributed by atoms with E-state index in [0.717, 1.165) is 17.0 Å². The highest BCUT2D eigenvalue weighted by atomic mass is 35.5. The lowest BCUT2D eigenvalue weighted by molar-refractivity contribution is 0.102. The maximum atomic E-state index is 12.7. The minimum Gasteiger partial charge on any atom is -0.319 e. The van der Waals surface area contributed by atoms with Gasteiger partial charge in [0, 0.05) is 17.4 Å². The molecule has 0 bridgehead atoms. The SMILES string of the molecule is Cc1nn(Cc2cccc(Cl)c2)c(C)c1NC(=O)c1cnn2cccnc12. The average Bonchev–Trinajstić information content (AvgIpc) is 3.19. The molecule has 3 heterocycles.